The number of rotatable bonds is 7. The van der Waals surface area contributed by atoms with Gasteiger partial charge in [-0.25, -0.2) is 0 Å². The molecule has 22 heavy (non-hydrogen) atoms. The van der Waals surface area contributed by atoms with Crippen molar-refractivity contribution in [2.75, 3.05) is 46.4 Å². The van der Waals surface area contributed by atoms with Crippen LogP contribution in [0.25, 0.3) is 0 Å². The van der Waals surface area contributed by atoms with Gasteiger partial charge in [-0.05, 0) is 18.3 Å². The smallest absolute Gasteiger partial charge is 0.191 e. The summed E-state index contributed by atoms with van der Waals surface area (Å²) in [5.41, 5.74) is 0. The zero-order chi connectivity index (χ0) is 15.7. The fourth-order valence-corrected chi connectivity index (χ4v) is 2.58. The van der Waals surface area contributed by atoms with E-state index in [-0.39, 0.29) is 24.0 Å². The van der Waals surface area contributed by atoms with E-state index in [0.29, 0.717) is 17.9 Å². The van der Waals surface area contributed by atoms with Crippen molar-refractivity contribution >= 4 is 29.9 Å². The van der Waals surface area contributed by atoms with Crippen molar-refractivity contribution in [3.05, 3.63) is 0 Å². The molecule has 1 saturated heterocycles. The molecule has 0 aliphatic carbocycles. The minimum atomic E-state index is 0. The third kappa shape index (κ3) is 9.15. The molecule has 1 unspecified atom stereocenters. The third-order valence-corrected chi connectivity index (χ3v) is 3.71. The van der Waals surface area contributed by atoms with Crippen LogP contribution in [0.1, 0.15) is 34.1 Å². The third-order valence-electron chi connectivity index (χ3n) is 3.71. The van der Waals surface area contributed by atoms with Crippen LogP contribution >= 0.6 is 24.0 Å². The molecule has 1 aliphatic heterocycles. The van der Waals surface area contributed by atoms with Gasteiger partial charge in [0.1, 0.15) is 0 Å². The van der Waals surface area contributed by atoms with E-state index in [1.165, 1.54) is 6.42 Å². The molecule has 0 aromatic rings. The van der Waals surface area contributed by atoms with Crippen LogP contribution in [-0.4, -0.2) is 63.3 Å². The first-order chi connectivity index (χ1) is 10.0. The molecule has 1 fully saturated rings. The highest BCUT2D eigenvalue weighted by Crippen LogP contribution is 2.12. The fourth-order valence-electron chi connectivity index (χ4n) is 2.58. The number of morpholine rings is 1. The highest BCUT2D eigenvalue weighted by atomic mass is 127. The standard InChI is InChI=1S/C16H34N4O.HI/c1-13(2)10-15(20-6-8-21-9-7-20)12-19-16(17-5)18-11-14(3)4;/h13-15H,6-12H2,1-5H3,(H2,17,18,19);1H. The summed E-state index contributed by atoms with van der Waals surface area (Å²) in [5.74, 6) is 2.23. The van der Waals surface area contributed by atoms with E-state index >= 15 is 0 Å². The lowest BCUT2D eigenvalue weighted by Gasteiger charge is -2.35. The molecule has 6 heteroatoms. The lowest BCUT2D eigenvalue weighted by atomic mass is 10.0. The number of hydrogen-bond donors (Lipinski definition) is 2. The number of nitrogens with one attached hydrogen (secondary N) is 2. The zero-order valence-corrected chi connectivity index (χ0v) is 17.2. The van der Waals surface area contributed by atoms with Gasteiger partial charge < -0.3 is 15.4 Å². The number of halogens is 1. The van der Waals surface area contributed by atoms with Crippen molar-refractivity contribution in [1.29, 1.82) is 0 Å². The van der Waals surface area contributed by atoms with Gasteiger partial charge in [-0.15, -0.1) is 24.0 Å². The van der Waals surface area contributed by atoms with E-state index in [1.807, 2.05) is 7.05 Å². The maximum absolute atomic E-state index is 5.47. The molecule has 1 aliphatic rings. The first-order valence-electron chi connectivity index (χ1n) is 8.29. The number of aliphatic imine (C=N–C) groups is 1. The maximum Gasteiger partial charge on any atom is 0.191 e. The highest BCUT2D eigenvalue weighted by molar-refractivity contribution is 14.0. The zero-order valence-electron chi connectivity index (χ0n) is 14.9. The van der Waals surface area contributed by atoms with E-state index in [4.69, 9.17) is 4.74 Å². The topological polar surface area (TPSA) is 48.9 Å². The van der Waals surface area contributed by atoms with Crippen molar-refractivity contribution < 1.29 is 4.74 Å². The Labute approximate surface area is 153 Å². The summed E-state index contributed by atoms with van der Waals surface area (Å²) in [6, 6.07) is 0.548. The second-order valence-electron chi connectivity index (χ2n) is 6.66. The molecule has 0 aromatic carbocycles. The van der Waals surface area contributed by atoms with Crippen LogP contribution in [-0.2, 0) is 4.74 Å². The molecule has 132 valence electrons. The summed E-state index contributed by atoms with van der Waals surface area (Å²) in [6.45, 7) is 14.7. The molecule has 0 spiro atoms. The number of guanidine groups is 1. The predicted octanol–water partition coefficient (Wildman–Crippen LogP) is 2.17. The number of ether oxygens (including phenoxy) is 1. The second-order valence-corrected chi connectivity index (χ2v) is 6.66. The Kier molecular flexibility index (Phi) is 12.3. The van der Waals surface area contributed by atoms with Crippen LogP contribution in [0.4, 0.5) is 0 Å². The summed E-state index contributed by atoms with van der Waals surface area (Å²) in [4.78, 5) is 6.86. The molecule has 1 heterocycles. The van der Waals surface area contributed by atoms with E-state index in [1.54, 1.807) is 0 Å². The van der Waals surface area contributed by atoms with Gasteiger partial charge in [0.25, 0.3) is 0 Å². The van der Waals surface area contributed by atoms with Crippen molar-refractivity contribution in [2.24, 2.45) is 16.8 Å². The van der Waals surface area contributed by atoms with Gasteiger partial charge >= 0.3 is 0 Å². The van der Waals surface area contributed by atoms with Crippen molar-refractivity contribution in [2.45, 2.75) is 40.2 Å². The number of hydrogen-bond acceptors (Lipinski definition) is 3. The van der Waals surface area contributed by atoms with Gasteiger partial charge in [-0.2, -0.15) is 0 Å². The Balaban J connectivity index is 0.00000441. The van der Waals surface area contributed by atoms with Gasteiger partial charge in [-0.1, -0.05) is 27.7 Å². The average molecular weight is 426 g/mol. The van der Waals surface area contributed by atoms with Gasteiger partial charge in [0.05, 0.1) is 13.2 Å². The van der Waals surface area contributed by atoms with E-state index in [0.717, 1.165) is 45.4 Å². The second kappa shape index (κ2) is 12.4. The highest BCUT2D eigenvalue weighted by Gasteiger charge is 2.22. The largest absolute Gasteiger partial charge is 0.379 e. The Hall–Kier alpha value is -0.0800. The van der Waals surface area contributed by atoms with E-state index < -0.39 is 0 Å². The fraction of sp³-hybridized carbons (Fsp3) is 0.938. The van der Waals surface area contributed by atoms with Crippen LogP contribution in [0, 0.1) is 11.8 Å². The van der Waals surface area contributed by atoms with Crippen LogP contribution < -0.4 is 10.6 Å². The SMILES string of the molecule is CN=C(NCC(C)C)NCC(CC(C)C)N1CCOCC1.I. The monoisotopic (exact) mass is 426 g/mol. The summed E-state index contributed by atoms with van der Waals surface area (Å²) in [6.07, 6.45) is 1.20. The molecule has 1 rings (SSSR count). The summed E-state index contributed by atoms with van der Waals surface area (Å²) < 4.78 is 5.47. The molecule has 0 radical (unpaired) electrons. The average Bonchev–Trinajstić information content (AvgIpc) is 2.46. The minimum Gasteiger partial charge on any atom is -0.379 e. The number of nitrogens with zero attached hydrogens (tertiary/aromatic N) is 2. The molecule has 0 amide bonds. The van der Waals surface area contributed by atoms with Gasteiger partial charge in [-0.3, -0.25) is 9.89 Å². The first-order valence-corrected chi connectivity index (χ1v) is 8.29. The quantitative estimate of drug-likeness (QED) is 0.372. The van der Waals surface area contributed by atoms with Gasteiger partial charge in [0.15, 0.2) is 5.96 Å². The molecule has 0 aromatic heterocycles. The molecule has 0 bridgehead atoms. The summed E-state index contributed by atoms with van der Waals surface area (Å²) >= 11 is 0. The van der Waals surface area contributed by atoms with Crippen molar-refractivity contribution in [3.63, 3.8) is 0 Å². The summed E-state index contributed by atoms with van der Waals surface area (Å²) in [7, 11) is 1.84. The van der Waals surface area contributed by atoms with Crippen molar-refractivity contribution in [1.82, 2.24) is 15.5 Å². The van der Waals surface area contributed by atoms with E-state index in [9.17, 15) is 0 Å². The molecule has 5 nitrogen and oxygen atoms in total. The lowest BCUT2D eigenvalue weighted by molar-refractivity contribution is 0.0132. The van der Waals surface area contributed by atoms with Crippen LogP contribution in [0.2, 0.25) is 0 Å². The molecular weight excluding hydrogens is 391 g/mol. The van der Waals surface area contributed by atoms with E-state index in [2.05, 4.69) is 48.2 Å². The Morgan fingerprint density at radius 2 is 1.64 bits per heavy atom. The van der Waals surface area contributed by atoms with Gasteiger partial charge in [0.2, 0.25) is 0 Å². The molecular formula is C16H35IN4O. The van der Waals surface area contributed by atoms with Gasteiger partial charge in [0, 0.05) is 39.3 Å². The van der Waals surface area contributed by atoms with Crippen LogP contribution in [0.15, 0.2) is 4.99 Å². The summed E-state index contributed by atoms with van der Waals surface area (Å²) in [5, 5.41) is 6.86. The minimum absolute atomic E-state index is 0. The Morgan fingerprint density at radius 3 is 2.14 bits per heavy atom. The predicted molar refractivity (Wildman–Crippen MR) is 105 cm³/mol. The molecule has 1 atom stereocenters. The lowest BCUT2D eigenvalue weighted by Crippen LogP contribution is -2.51. The maximum atomic E-state index is 5.47. The normalized spacial score (nSPS) is 18.2. The first kappa shape index (κ1) is 21.9. The molecule has 2 N–H and O–H groups in total. The van der Waals surface area contributed by atoms with Crippen molar-refractivity contribution in [3.8, 4) is 0 Å². The van der Waals surface area contributed by atoms with Crippen LogP contribution in [0.3, 0.4) is 0 Å². The molecule has 0 saturated carbocycles. The Morgan fingerprint density at radius 1 is 1.05 bits per heavy atom. The Bertz CT molecular complexity index is 305. The van der Waals surface area contributed by atoms with Crippen LogP contribution in [0.5, 0.6) is 0 Å².